The molecule has 0 saturated heterocycles. The van der Waals surface area contributed by atoms with E-state index in [9.17, 15) is 18.3 Å². The Morgan fingerprint density at radius 3 is 2.20 bits per heavy atom. The van der Waals surface area contributed by atoms with Crippen LogP contribution in [-0.4, -0.2) is 5.11 Å². The number of hydrogen-bond donors (Lipinski definition) is 1. The normalized spacial score (nSPS) is 15.2. The molecule has 1 nitrogen and oxygen atoms in total. The first-order valence-electron chi connectivity index (χ1n) is 6.50. The third kappa shape index (κ3) is 2.20. The Balaban J connectivity index is 1.98. The molecule has 4 heteroatoms. The first-order valence-corrected chi connectivity index (χ1v) is 6.50. The van der Waals surface area contributed by atoms with Crippen molar-refractivity contribution in [1.29, 1.82) is 0 Å². The molecule has 0 heterocycles. The van der Waals surface area contributed by atoms with Crippen LogP contribution in [0.1, 0.15) is 34.8 Å². The molecule has 1 unspecified atom stereocenters. The molecular weight excluding hydrogens is 265 g/mol. The summed E-state index contributed by atoms with van der Waals surface area (Å²) in [5, 5.41) is 10.2. The zero-order valence-electron chi connectivity index (χ0n) is 10.7. The van der Waals surface area contributed by atoms with E-state index >= 15 is 0 Å². The van der Waals surface area contributed by atoms with Crippen molar-refractivity contribution in [2.24, 2.45) is 0 Å². The van der Waals surface area contributed by atoms with Crippen molar-refractivity contribution < 1.29 is 18.3 Å². The molecular formula is C16H13F3O. The fourth-order valence-corrected chi connectivity index (χ4v) is 2.69. The summed E-state index contributed by atoms with van der Waals surface area (Å²) in [6, 6.07) is 7.18. The van der Waals surface area contributed by atoms with Crippen LogP contribution in [0, 0.1) is 17.5 Å². The van der Waals surface area contributed by atoms with E-state index in [2.05, 4.69) is 0 Å². The number of aryl methyl sites for hydroxylation is 2. The first-order chi connectivity index (χ1) is 9.56. The van der Waals surface area contributed by atoms with Crippen molar-refractivity contribution in [2.75, 3.05) is 0 Å². The highest BCUT2D eigenvalue weighted by molar-refractivity contribution is 5.39. The first kappa shape index (κ1) is 13.2. The maximum Gasteiger partial charge on any atom is 0.194 e. The molecule has 1 N–H and O–H groups in total. The summed E-state index contributed by atoms with van der Waals surface area (Å²) in [5.74, 6) is -4.10. The van der Waals surface area contributed by atoms with Crippen molar-refractivity contribution in [3.8, 4) is 0 Å². The van der Waals surface area contributed by atoms with Crippen molar-refractivity contribution in [3.05, 3.63) is 70.0 Å². The quantitative estimate of drug-likeness (QED) is 0.831. The summed E-state index contributed by atoms with van der Waals surface area (Å²) < 4.78 is 39.3. The summed E-state index contributed by atoms with van der Waals surface area (Å²) in [7, 11) is 0. The van der Waals surface area contributed by atoms with E-state index in [1.165, 1.54) is 5.56 Å². The van der Waals surface area contributed by atoms with Crippen molar-refractivity contribution in [3.63, 3.8) is 0 Å². The molecule has 0 bridgehead atoms. The van der Waals surface area contributed by atoms with Crippen LogP contribution in [0.2, 0.25) is 0 Å². The van der Waals surface area contributed by atoms with E-state index in [-0.39, 0.29) is 5.56 Å². The van der Waals surface area contributed by atoms with Gasteiger partial charge in [0.25, 0.3) is 0 Å². The molecule has 0 amide bonds. The molecule has 1 aliphatic rings. The van der Waals surface area contributed by atoms with Crippen LogP contribution in [0.15, 0.2) is 30.3 Å². The molecule has 0 radical (unpaired) electrons. The van der Waals surface area contributed by atoms with Crippen LogP contribution in [0.3, 0.4) is 0 Å². The van der Waals surface area contributed by atoms with E-state index in [1.807, 2.05) is 12.1 Å². The molecule has 0 spiro atoms. The highest BCUT2D eigenvalue weighted by Crippen LogP contribution is 2.29. The average molecular weight is 278 g/mol. The van der Waals surface area contributed by atoms with E-state index < -0.39 is 23.6 Å². The number of benzene rings is 2. The Bertz CT molecular complexity index is 644. The van der Waals surface area contributed by atoms with Crippen molar-refractivity contribution in [2.45, 2.75) is 25.4 Å². The number of halogens is 3. The fraction of sp³-hybridized carbons (Fsp3) is 0.250. The monoisotopic (exact) mass is 278 g/mol. The number of aliphatic hydroxyl groups is 1. The smallest absolute Gasteiger partial charge is 0.194 e. The third-order valence-electron chi connectivity index (χ3n) is 3.76. The zero-order chi connectivity index (χ0) is 14.3. The molecule has 0 aromatic heterocycles. The second-order valence-electron chi connectivity index (χ2n) is 5.08. The van der Waals surface area contributed by atoms with Crippen LogP contribution in [-0.2, 0) is 12.8 Å². The molecule has 2 aromatic rings. The second-order valence-corrected chi connectivity index (χ2v) is 5.08. The van der Waals surface area contributed by atoms with E-state index in [4.69, 9.17) is 0 Å². The molecule has 104 valence electrons. The van der Waals surface area contributed by atoms with Gasteiger partial charge in [-0.05, 0) is 53.6 Å². The predicted octanol–water partition coefficient (Wildman–Crippen LogP) is 3.67. The van der Waals surface area contributed by atoms with Gasteiger partial charge in [-0.15, -0.1) is 0 Å². The summed E-state index contributed by atoms with van der Waals surface area (Å²) >= 11 is 0. The van der Waals surface area contributed by atoms with Gasteiger partial charge >= 0.3 is 0 Å². The molecule has 3 rings (SSSR count). The largest absolute Gasteiger partial charge is 0.384 e. The van der Waals surface area contributed by atoms with Crippen molar-refractivity contribution in [1.82, 2.24) is 0 Å². The van der Waals surface area contributed by atoms with Gasteiger partial charge in [-0.2, -0.15) is 0 Å². The Morgan fingerprint density at radius 1 is 0.850 bits per heavy atom. The Hall–Kier alpha value is -1.81. The van der Waals surface area contributed by atoms with Crippen LogP contribution < -0.4 is 0 Å². The van der Waals surface area contributed by atoms with Gasteiger partial charge in [0.2, 0.25) is 0 Å². The average Bonchev–Trinajstić information content (AvgIpc) is 2.90. The van der Waals surface area contributed by atoms with Crippen LogP contribution in [0.4, 0.5) is 13.2 Å². The van der Waals surface area contributed by atoms with Gasteiger partial charge in [0.1, 0.15) is 6.10 Å². The number of aliphatic hydroxyl groups excluding tert-OH is 1. The summed E-state index contributed by atoms with van der Waals surface area (Å²) in [6.07, 6.45) is 1.88. The number of hydrogen-bond acceptors (Lipinski definition) is 1. The minimum absolute atomic E-state index is 0.0133. The van der Waals surface area contributed by atoms with E-state index in [1.54, 1.807) is 6.07 Å². The van der Waals surface area contributed by atoms with Gasteiger partial charge in [-0.25, -0.2) is 13.2 Å². The lowest BCUT2D eigenvalue weighted by Crippen LogP contribution is -2.04. The van der Waals surface area contributed by atoms with Gasteiger partial charge in [-0.3, -0.25) is 0 Å². The van der Waals surface area contributed by atoms with Crippen LogP contribution in [0.5, 0.6) is 0 Å². The summed E-state index contributed by atoms with van der Waals surface area (Å²) in [6.45, 7) is 0. The molecule has 1 atom stereocenters. The highest BCUT2D eigenvalue weighted by Gasteiger charge is 2.19. The Kier molecular flexibility index (Phi) is 3.26. The zero-order valence-corrected chi connectivity index (χ0v) is 10.7. The molecule has 20 heavy (non-hydrogen) atoms. The summed E-state index contributed by atoms with van der Waals surface area (Å²) in [5.41, 5.74) is 2.98. The topological polar surface area (TPSA) is 20.2 Å². The molecule has 1 aliphatic carbocycles. The summed E-state index contributed by atoms with van der Waals surface area (Å²) in [4.78, 5) is 0. The molecule has 0 aliphatic heterocycles. The van der Waals surface area contributed by atoms with Gasteiger partial charge in [0, 0.05) is 0 Å². The highest BCUT2D eigenvalue weighted by atomic mass is 19.2. The molecule has 0 fully saturated rings. The van der Waals surface area contributed by atoms with Crippen LogP contribution >= 0.6 is 0 Å². The van der Waals surface area contributed by atoms with E-state index in [0.29, 0.717) is 5.56 Å². The number of fused-ring (bicyclic) bond motifs is 1. The lowest BCUT2D eigenvalue weighted by Gasteiger charge is -2.13. The Morgan fingerprint density at radius 2 is 1.50 bits per heavy atom. The fourth-order valence-electron chi connectivity index (χ4n) is 2.69. The van der Waals surface area contributed by atoms with Gasteiger partial charge in [-0.1, -0.05) is 18.2 Å². The third-order valence-corrected chi connectivity index (χ3v) is 3.76. The lowest BCUT2D eigenvalue weighted by molar-refractivity contribution is 0.218. The van der Waals surface area contributed by atoms with Gasteiger partial charge in [0.05, 0.1) is 0 Å². The SMILES string of the molecule is OC(c1cc(F)c(F)c(F)c1)c1ccc2c(c1)CCC2. The maximum atomic E-state index is 13.2. The predicted molar refractivity (Wildman–Crippen MR) is 68.8 cm³/mol. The standard InChI is InChI=1S/C16H13F3O/c17-13-7-12(8-14(18)15(13)19)16(20)11-5-4-9-2-1-3-10(9)6-11/h4-8,16,20H,1-3H2. The van der Waals surface area contributed by atoms with E-state index in [0.717, 1.165) is 37.0 Å². The second kappa shape index (κ2) is 4.94. The van der Waals surface area contributed by atoms with Crippen molar-refractivity contribution >= 4 is 0 Å². The molecule has 2 aromatic carbocycles. The minimum Gasteiger partial charge on any atom is -0.384 e. The lowest BCUT2D eigenvalue weighted by atomic mass is 9.97. The van der Waals surface area contributed by atoms with Gasteiger partial charge in [0.15, 0.2) is 17.5 Å². The number of rotatable bonds is 2. The van der Waals surface area contributed by atoms with Gasteiger partial charge < -0.3 is 5.11 Å². The minimum atomic E-state index is -1.52. The Labute approximate surface area is 114 Å². The maximum absolute atomic E-state index is 13.2. The molecule has 0 saturated carbocycles. The van der Waals surface area contributed by atoms with Crippen LogP contribution in [0.25, 0.3) is 0 Å².